The van der Waals surface area contributed by atoms with Crippen molar-refractivity contribution in [2.45, 2.75) is 219 Å². The summed E-state index contributed by atoms with van der Waals surface area (Å²) in [5.41, 5.74) is 0. The lowest BCUT2D eigenvalue weighted by Gasteiger charge is -2.28. The van der Waals surface area contributed by atoms with Crippen LogP contribution in [0.15, 0.2) is 72.9 Å². The minimum atomic E-state index is -4.54. The van der Waals surface area contributed by atoms with Crippen molar-refractivity contribution < 1.29 is 37.3 Å². The number of carbonyl (C=O) groups is 1. The van der Waals surface area contributed by atoms with Crippen molar-refractivity contribution in [3.05, 3.63) is 72.9 Å². The molecule has 8 nitrogen and oxygen atoms in total. The first kappa shape index (κ1) is 61.9. The van der Waals surface area contributed by atoms with Crippen LogP contribution < -0.4 is 4.89 Å². The average molecular weight is 918 g/mol. The summed E-state index contributed by atoms with van der Waals surface area (Å²) >= 11 is 0. The van der Waals surface area contributed by atoms with Gasteiger partial charge in [0.1, 0.15) is 19.3 Å². The minimum absolute atomic E-state index is 0.0198. The molecule has 0 rings (SSSR count). The summed E-state index contributed by atoms with van der Waals surface area (Å²) in [4.78, 5) is 25.2. The zero-order valence-corrected chi connectivity index (χ0v) is 43.1. The molecule has 0 N–H and O–H groups in total. The van der Waals surface area contributed by atoms with Crippen LogP contribution in [-0.2, 0) is 27.9 Å². The Balaban J connectivity index is 4.19. The third kappa shape index (κ3) is 50.9. The second-order valence-electron chi connectivity index (χ2n) is 18.5. The van der Waals surface area contributed by atoms with Crippen molar-refractivity contribution in [2.24, 2.45) is 0 Å². The first-order valence-corrected chi connectivity index (χ1v) is 27.6. The highest BCUT2D eigenvalue weighted by Crippen LogP contribution is 2.38. The number of hydrogen-bond acceptors (Lipinski definition) is 7. The molecule has 0 fully saturated rings. The molecule has 0 spiro atoms. The van der Waals surface area contributed by atoms with Crippen molar-refractivity contribution >= 4 is 13.8 Å². The number of esters is 1. The number of allylic oxidation sites excluding steroid dienone is 12. The summed E-state index contributed by atoms with van der Waals surface area (Å²) in [5, 5.41) is 0. The lowest BCUT2D eigenvalue weighted by molar-refractivity contribution is -0.870. The molecule has 0 aliphatic heterocycles. The molecule has 0 aliphatic carbocycles. The molecule has 0 heterocycles. The first-order valence-electron chi connectivity index (χ1n) is 26.2. The molecule has 0 radical (unpaired) electrons. The van der Waals surface area contributed by atoms with E-state index in [9.17, 15) is 14.3 Å². The molecular formula is C55H100NO7P. The van der Waals surface area contributed by atoms with E-state index in [-0.39, 0.29) is 25.8 Å². The van der Waals surface area contributed by atoms with Crippen LogP contribution in [0, 0.1) is 0 Å². The van der Waals surface area contributed by atoms with Crippen molar-refractivity contribution in [3.8, 4) is 0 Å². The van der Waals surface area contributed by atoms with E-state index in [0.717, 1.165) is 83.5 Å². The lowest BCUT2D eigenvalue weighted by Crippen LogP contribution is -2.37. The second kappa shape index (κ2) is 47.4. The highest BCUT2D eigenvalue weighted by atomic mass is 31.2. The van der Waals surface area contributed by atoms with E-state index in [1.807, 2.05) is 21.1 Å². The molecule has 0 aromatic heterocycles. The smallest absolute Gasteiger partial charge is 0.306 e. The van der Waals surface area contributed by atoms with Gasteiger partial charge < -0.3 is 27.9 Å². The molecule has 0 aromatic carbocycles. The number of nitrogens with zero attached hydrogens (tertiary/aromatic N) is 1. The Hall–Kier alpha value is -2.06. The van der Waals surface area contributed by atoms with Crippen molar-refractivity contribution in [2.75, 3.05) is 54.1 Å². The SMILES string of the molecule is CC/C=C\C/C=C\C/C=C\C/C=C\C/C=C\C/C=C\CCCCCCCOCC(COP(=O)([O-])OCC[N+](C)(C)C)OC(=O)CCCCCCCCCCCCCCCCCCCC. The van der Waals surface area contributed by atoms with E-state index in [1.54, 1.807) is 0 Å². The van der Waals surface area contributed by atoms with Gasteiger partial charge in [-0.25, -0.2) is 0 Å². The molecule has 9 heteroatoms. The van der Waals surface area contributed by atoms with Gasteiger partial charge in [-0.3, -0.25) is 9.36 Å². The van der Waals surface area contributed by atoms with Crippen LogP contribution in [0.25, 0.3) is 0 Å². The minimum Gasteiger partial charge on any atom is -0.756 e. The normalized spacial score (nSPS) is 14.2. The largest absolute Gasteiger partial charge is 0.756 e. The fraction of sp³-hybridized carbons (Fsp3) is 0.764. The Morgan fingerprint density at radius 2 is 0.906 bits per heavy atom. The van der Waals surface area contributed by atoms with Gasteiger partial charge in [0, 0.05) is 13.0 Å². The fourth-order valence-electron chi connectivity index (χ4n) is 7.02. The molecular weight excluding hydrogens is 818 g/mol. The zero-order chi connectivity index (χ0) is 46.9. The summed E-state index contributed by atoms with van der Waals surface area (Å²) in [6.45, 7) is 5.27. The molecule has 372 valence electrons. The number of quaternary nitrogens is 1. The first-order chi connectivity index (χ1) is 31.1. The summed E-state index contributed by atoms with van der Waals surface area (Å²) in [6, 6.07) is 0. The second-order valence-corrected chi connectivity index (χ2v) is 19.9. The summed E-state index contributed by atoms with van der Waals surface area (Å²) in [6.07, 6.45) is 62.1. The van der Waals surface area contributed by atoms with Crippen molar-refractivity contribution in [1.82, 2.24) is 0 Å². The van der Waals surface area contributed by atoms with Crippen LogP contribution >= 0.6 is 7.82 Å². The Kier molecular flexibility index (Phi) is 45.9. The van der Waals surface area contributed by atoms with Gasteiger partial charge in [-0.2, -0.15) is 0 Å². The van der Waals surface area contributed by atoms with E-state index in [1.165, 1.54) is 109 Å². The predicted molar refractivity (Wildman–Crippen MR) is 272 cm³/mol. The number of ether oxygens (including phenoxy) is 2. The van der Waals surface area contributed by atoms with Crippen molar-refractivity contribution in [1.29, 1.82) is 0 Å². The molecule has 0 aliphatic rings. The molecule has 0 bridgehead atoms. The van der Waals surface area contributed by atoms with E-state index >= 15 is 0 Å². The van der Waals surface area contributed by atoms with Gasteiger partial charge in [0.05, 0.1) is 34.4 Å². The summed E-state index contributed by atoms with van der Waals surface area (Å²) < 4.78 is 34.7. The van der Waals surface area contributed by atoms with Gasteiger partial charge in [-0.15, -0.1) is 0 Å². The maximum atomic E-state index is 12.8. The fourth-order valence-corrected chi connectivity index (χ4v) is 7.75. The molecule has 2 unspecified atom stereocenters. The Bertz CT molecular complexity index is 1250. The zero-order valence-electron chi connectivity index (χ0n) is 42.2. The number of rotatable bonds is 48. The topological polar surface area (TPSA) is 94.1 Å². The van der Waals surface area contributed by atoms with Crippen LogP contribution in [0.3, 0.4) is 0 Å². The van der Waals surface area contributed by atoms with Gasteiger partial charge in [0.15, 0.2) is 0 Å². The maximum Gasteiger partial charge on any atom is 0.306 e. The third-order valence-corrected chi connectivity index (χ3v) is 12.0. The van der Waals surface area contributed by atoms with Crippen LogP contribution in [-0.4, -0.2) is 70.7 Å². The van der Waals surface area contributed by atoms with Gasteiger partial charge in [0.25, 0.3) is 7.82 Å². The maximum absolute atomic E-state index is 12.8. The molecule has 0 saturated carbocycles. The van der Waals surface area contributed by atoms with Gasteiger partial charge >= 0.3 is 5.97 Å². The summed E-state index contributed by atoms with van der Waals surface area (Å²) in [5.74, 6) is -0.340. The Morgan fingerprint density at radius 1 is 0.500 bits per heavy atom. The van der Waals surface area contributed by atoms with Gasteiger partial charge in [0.2, 0.25) is 0 Å². The Morgan fingerprint density at radius 3 is 1.36 bits per heavy atom. The van der Waals surface area contributed by atoms with Crippen LogP contribution in [0.1, 0.15) is 213 Å². The highest BCUT2D eigenvalue weighted by molar-refractivity contribution is 7.45. The van der Waals surface area contributed by atoms with E-state index in [2.05, 4.69) is 86.8 Å². The molecule has 0 amide bonds. The standard InChI is InChI=1S/C55H100NO7P/c1-6-8-10-12-14-16-18-20-22-24-26-27-28-29-30-31-33-35-37-39-41-43-45-47-50-60-52-54(53-62-64(58,59)61-51-49-56(3,4)5)63-55(57)48-46-44-42-40-38-36-34-32-25-23-21-19-17-15-13-11-9-7-2/h8,10,14,16,20,22,26-27,29-30,33,35,54H,6-7,9,11-13,15,17-19,21,23-25,28,31-32,34,36-53H2,1-5H3/b10-8-,16-14-,22-20-,27-26-,30-29-,35-33-. The number of carbonyl (C=O) groups excluding carboxylic acids is 1. The summed E-state index contributed by atoms with van der Waals surface area (Å²) in [7, 11) is 1.34. The number of likely N-dealkylation sites (N-methyl/N-ethyl adjacent to an activating group) is 1. The highest BCUT2D eigenvalue weighted by Gasteiger charge is 2.20. The van der Waals surface area contributed by atoms with Gasteiger partial charge in [-0.1, -0.05) is 215 Å². The number of phosphoric ester groups is 1. The van der Waals surface area contributed by atoms with E-state index in [0.29, 0.717) is 24.1 Å². The van der Waals surface area contributed by atoms with Crippen LogP contribution in [0.4, 0.5) is 0 Å². The number of phosphoric acid groups is 1. The quantitative estimate of drug-likeness (QED) is 0.0197. The number of hydrogen-bond donors (Lipinski definition) is 0. The molecule has 0 saturated heterocycles. The van der Waals surface area contributed by atoms with E-state index in [4.69, 9.17) is 18.5 Å². The van der Waals surface area contributed by atoms with Crippen LogP contribution in [0.2, 0.25) is 0 Å². The monoisotopic (exact) mass is 918 g/mol. The molecule has 64 heavy (non-hydrogen) atoms. The van der Waals surface area contributed by atoms with Crippen LogP contribution in [0.5, 0.6) is 0 Å². The van der Waals surface area contributed by atoms with E-state index < -0.39 is 13.9 Å². The average Bonchev–Trinajstić information content (AvgIpc) is 3.25. The molecule has 0 aromatic rings. The third-order valence-electron chi connectivity index (χ3n) is 11.0. The lowest BCUT2D eigenvalue weighted by atomic mass is 10.0. The molecule has 2 atom stereocenters. The Labute approximate surface area is 395 Å². The van der Waals surface area contributed by atoms with Crippen molar-refractivity contribution in [3.63, 3.8) is 0 Å². The number of unbranched alkanes of at least 4 members (excludes halogenated alkanes) is 22. The predicted octanol–water partition coefficient (Wildman–Crippen LogP) is 15.6. The van der Waals surface area contributed by atoms with Gasteiger partial charge in [-0.05, 0) is 64.2 Å².